The number of quaternary nitrogens is 1. The lowest BCUT2D eigenvalue weighted by Gasteiger charge is -2.31. The molecule has 1 aromatic rings. The van der Waals surface area contributed by atoms with Crippen molar-refractivity contribution in [2.75, 3.05) is 32.7 Å². The second-order valence-electron chi connectivity index (χ2n) is 4.61. The molecule has 0 aliphatic carbocycles. The lowest BCUT2D eigenvalue weighted by Crippen LogP contribution is -3.14. The normalized spacial score (nSPS) is 16.7. The van der Waals surface area contributed by atoms with Gasteiger partial charge in [-0.05, 0) is 19.1 Å². The topological polar surface area (TPSA) is 24.8 Å². The monoisotopic (exact) mass is 289 g/mol. The molecule has 1 saturated heterocycles. The molecule has 0 bridgehead atoms. The van der Waals surface area contributed by atoms with Crippen molar-refractivity contribution in [1.29, 1.82) is 0 Å². The third-order valence-corrected chi connectivity index (χ3v) is 3.83. The van der Waals surface area contributed by atoms with Crippen molar-refractivity contribution in [2.24, 2.45) is 0 Å². The van der Waals surface area contributed by atoms with Gasteiger partial charge in [0.1, 0.15) is 0 Å². The van der Waals surface area contributed by atoms with E-state index in [1.165, 1.54) is 15.9 Å². The molecule has 1 N–H and O–H groups in total. The van der Waals surface area contributed by atoms with Crippen LogP contribution in [0.15, 0.2) is 12.1 Å². The van der Waals surface area contributed by atoms with Gasteiger partial charge in [0.2, 0.25) is 0 Å². The van der Waals surface area contributed by atoms with E-state index in [4.69, 9.17) is 11.6 Å². The fourth-order valence-electron chi connectivity index (χ4n) is 2.26. The number of nitrogens with zero attached hydrogens (tertiary/aromatic N) is 1. The number of hydrogen-bond donors (Lipinski definition) is 1. The minimum Gasteiger partial charge on any atom is -0.332 e. The zero-order valence-electron chi connectivity index (χ0n) is 10.7. The molecule has 1 amide bonds. The smallest absolute Gasteiger partial charge is 0.258 e. The molecule has 1 fully saturated rings. The summed E-state index contributed by atoms with van der Waals surface area (Å²) in [5.74, 6) is -2.74. The number of hydrogen-bond acceptors (Lipinski definition) is 1. The zero-order chi connectivity index (χ0) is 14.0. The third-order valence-electron chi connectivity index (χ3n) is 3.52. The van der Waals surface area contributed by atoms with Crippen LogP contribution in [0, 0.1) is 11.6 Å². The van der Waals surface area contributed by atoms with Crippen LogP contribution in [0.25, 0.3) is 0 Å². The number of benzene rings is 1. The molecule has 0 radical (unpaired) electrons. The van der Waals surface area contributed by atoms with Crippen LogP contribution in [0.5, 0.6) is 0 Å². The molecule has 0 spiro atoms. The second kappa shape index (κ2) is 5.84. The molecule has 2 rings (SSSR count). The molecule has 0 aromatic heterocycles. The van der Waals surface area contributed by atoms with Crippen LogP contribution in [0.1, 0.15) is 17.3 Å². The van der Waals surface area contributed by atoms with Crippen LogP contribution < -0.4 is 4.90 Å². The van der Waals surface area contributed by atoms with E-state index in [0.29, 0.717) is 13.1 Å². The van der Waals surface area contributed by atoms with Crippen molar-refractivity contribution in [3.63, 3.8) is 0 Å². The van der Waals surface area contributed by atoms with Crippen LogP contribution >= 0.6 is 11.6 Å². The number of amides is 1. The Hall–Kier alpha value is -1.20. The molecule has 1 aromatic carbocycles. The summed E-state index contributed by atoms with van der Waals surface area (Å²) in [5, 5.41) is -0.0471. The lowest BCUT2D eigenvalue weighted by molar-refractivity contribution is -0.902. The Bertz CT molecular complexity index is 488. The first kappa shape index (κ1) is 14.2. The van der Waals surface area contributed by atoms with Crippen LogP contribution in [0.4, 0.5) is 8.78 Å². The highest BCUT2D eigenvalue weighted by Crippen LogP contribution is 2.23. The average molecular weight is 290 g/mol. The minimum atomic E-state index is -1.16. The predicted octanol–water partition coefficient (Wildman–Crippen LogP) is 0.979. The number of rotatable bonds is 2. The SMILES string of the molecule is CC[NH+]1CCN(C(=O)c2c(Cl)ccc(F)c2F)CC1. The van der Waals surface area contributed by atoms with Gasteiger partial charge in [0.25, 0.3) is 5.91 Å². The maximum atomic E-state index is 13.7. The van der Waals surface area contributed by atoms with E-state index in [1.807, 2.05) is 0 Å². The number of carbonyl (C=O) groups excluding carboxylic acids is 1. The predicted molar refractivity (Wildman–Crippen MR) is 68.5 cm³/mol. The zero-order valence-corrected chi connectivity index (χ0v) is 11.4. The Morgan fingerprint density at radius 2 is 2.00 bits per heavy atom. The van der Waals surface area contributed by atoms with Crippen LogP contribution in [0.3, 0.4) is 0 Å². The Kier molecular flexibility index (Phi) is 4.37. The number of carbonyl (C=O) groups is 1. The van der Waals surface area contributed by atoms with Crippen molar-refractivity contribution in [1.82, 2.24) is 4.90 Å². The first-order valence-corrected chi connectivity index (χ1v) is 6.68. The molecule has 6 heteroatoms. The van der Waals surface area contributed by atoms with Crippen molar-refractivity contribution in [2.45, 2.75) is 6.92 Å². The van der Waals surface area contributed by atoms with Gasteiger partial charge in [-0.2, -0.15) is 0 Å². The summed E-state index contributed by atoms with van der Waals surface area (Å²) >= 11 is 5.81. The van der Waals surface area contributed by atoms with E-state index in [9.17, 15) is 13.6 Å². The molecule has 0 atom stereocenters. The van der Waals surface area contributed by atoms with E-state index in [-0.39, 0.29) is 10.6 Å². The van der Waals surface area contributed by atoms with Gasteiger partial charge in [-0.3, -0.25) is 4.79 Å². The number of piperazine rings is 1. The fourth-order valence-corrected chi connectivity index (χ4v) is 2.49. The molecule has 3 nitrogen and oxygen atoms in total. The van der Waals surface area contributed by atoms with E-state index in [1.54, 1.807) is 0 Å². The maximum Gasteiger partial charge on any atom is 0.258 e. The molecule has 1 aliphatic heterocycles. The highest BCUT2D eigenvalue weighted by atomic mass is 35.5. The Labute approximate surface area is 115 Å². The van der Waals surface area contributed by atoms with E-state index >= 15 is 0 Å². The molecule has 104 valence electrons. The van der Waals surface area contributed by atoms with Gasteiger partial charge in [0.15, 0.2) is 11.6 Å². The molecule has 1 aliphatic rings. The first-order valence-electron chi connectivity index (χ1n) is 6.31. The van der Waals surface area contributed by atoms with E-state index in [0.717, 1.165) is 25.7 Å². The van der Waals surface area contributed by atoms with Crippen molar-refractivity contribution in [3.8, 4) is 0 Å². The van der Waals surface area contributed by atoms with Gasteiger partial charge in [-0.25, -0.2) is 8.78 Å². The molecular weight excluding hydrogens is 274 g/mol. The van der Waals surface area contributed by atoms with Crippen LogP contribution in [-0.2, 0) is 0 Å². The van der Waals surface area contributed by atoms with Crippen LogP contribution in [-0.4, -0.2) is 43.5 Å². The molecule has 0 saturated carbocycles. The van der Waals surface area contributed by atoms with Gasteiger partial charge in [-0.1, -0.05) is 11.6 Å². The highest BCUT2D eigenvalue weighted by Gasteiger charge is 2.28. The molecular formula is C13H16ClF2N2O+. The fraction of sp³-hybridized carbons (Fsp3) is 0.462. The molecule has 0 unspecified atom stereocenters. The van der Waals surface area contributed by atoms with Gasteiger partial charge in [-0.15, -0.1) is 0 Å². The number of halogens is 3. The number of likely N-dealkylation sites (N-methyl/N-ethyl adjacent to an activating group) is 1. The van der Waals surface area contributed by atoms with Gasteiger partial charge in [0, 0.05) is 0 Å². The summed E-state index contributed by atoms with van der Waals surface area (Å²) in [6, 6.07) is 2.13. The van der Waals surface area contributed by atoms with E-state index < -0.39 is 17.5 Å². The summed E-state index contributed by atoms with van der Waals surface area (Å²) in [4.78, 5) is 15.1. The van der Waals surface area contributed by atoms with Crippen molar-refractivity contribution < 1.29 is 18.5 Å². The third kappa shape index (κ3) is 2.87. The summed E-state index contributed by atoms with van der Waals surface area (Å²) in [7, 11) is 0. The summed E-state index contributed by atoms with van der Waals surface area (Å²) < 4.78 is 26.9. The van der Waals surface area contributed by atoms with E-state index in [2.05, 4.69) is 6.92 Å². The second-order valence-corrected chi connectivity index (χ2v) is 5.02. The summed E-state index contributed by atoms with van der Waals surface area (Å²) in [6.45, 7) is 5.78. The van der Waals surface area contributed by atoms with Gasteiger partial charge < -0.3 is 9.80 Å². The van der Waals surface area contributed by atoms with Gasteiger partial charge in [0.05, 0.1) is 43.3 Å². The maximum absolute atomic E-state index is 13.7. The lowest BCUT2D eigenvalue weighted by atomic mass is 10.1. The van der Waals surface area contributed by atoms with Crippen molar-refractivity contribution >= 4 is 17.5 Å². The molecule has 19 heavy (non-hydrogen) atoms. The quantitative estimate of drug-likeness (QED) is 0.807. The Morgan fingerprint density at radius 1 is 1.37 bits per heavy atom. The summed E-state index contributed by atoms with van der Waals surface area (Å²) in [5.41, 5.74) is -0.360. The molecule has 1 heterocycles. The standard InChI is InChI=1S/C13H15ClF2N2O/c1-2-17-5-7-18(8-6-17)13(19)11-9(14)3-4-10(15)12(11)16/h3-4H,2,5-8H2,1H3/p+1. The largest absolute Gasteiger partial charge is 0.332 e. The summed E-state index contributed by atoms with van der Waals surface area (Å²) in [6.07, 6.45) is 0. The van der Waals surface area contributed by atoms with Gasteiger partial charge >= 0.3 is 0 Å². The Morgan fingerprint density at radius 3 is 2.58 bits per heavy atom. The van der Waals surface area contributed by atoms with Crippen molar-refractivity contribution in [3.05, 3.63) is 34.4 Å². The first-order chi connectivity index (χ1) is 9.04. The van der Waals surface area contributed by atoms with Crippen LogP contribution in [0.2, 0.25) is 5.02 Å². The Balaban J connectivity index is 2.19. The highest BCUT2D eigenvalue weighted by molar-refractivity contribution is 6.33. The minimum absolute atomic E-state index is 0.0471. The average Bonchev–Trinajstić information content (AvgIpc) is 2.43. The number of nitrogens with one attached hydrogen (secondary N) is 1.